The lowest BCUT2D eigenvalue weighted by Crippen LogP contribution is -2.47. The normalized spacial score (nSPS) is 17.1. The molecule has 0 radical (unpaired) electrons. The van der Waals surface area contributed by atoms with Crippen molar-refractivity contribution in [1.82, 2.24) is 20.4 Å². The standard InChI is InChI=1S/C18H22F2N4O/c1-18(2,3)23-17(25)22-15-5-4-6-16-14(15)10-21-24(16)13-8-11(19)7-12(20)9-13/h7-10,15H,4-6H2,1-3H3,(H2,22,23,25)/t15-/m1/s1. The molecule has 2 N–H and O–H groups in total. The lowest BCUT2D eigenvalue weighted by atomic mass is 9.93. The van der Waals surface area contributed by atoms with Gasteiger partial charge >= 0.3 is 6.03 Å². The van der Waals surface area contributed by atoms with Crippen LogP contribution in [0.1, 0.15) is 50.9 Å². The first-order valence-corrected chi connectivity index (χ1v) is 8.35. The molecule has 0 spiro atoms. The highest BCUT2D eigenvalue weighted by molar-refractivity contribution is 5.75. The molecule has 2 aromatic rings. The van der Waals surface area contributed by atoms with E-state index in [1.165, 1.54) is 12.1 Å². The average molecular weight is 348 g/mol. The lowest BCUT2D eigenvalue weighted by molar-refractivity contribution is 0.226. The van der Waals surface area contributed by atoms with Crippen molar-refractivity contribution in [3.8, 4) is 5.69 Å². The number of aromatic nitrogens is 2. The maximum Gasteiger partial charge on any atom is 0.315 e. The van der Waals surface area contributed by atoms with E-state index < -0.39 is 11.6 Å². The van der Waals surface area contributed by atoms with E-state index in [4.69, 9.17) is 0 Å². The molecule has 3 rings (SSSR count). The number of nitrogens with one attached hydrogen (secondary N) is 2. The van der Waals surface area contributed by atoms with Crippen LogP contribution in [0.5, 0.6) is 0 Å². The summed E-state index contributed by atoms with van der Waals surface area (Å²) in [6.07, 6.45) is 4.07. The number of benzene rings is 1. The number of fused-ring (bicyclic) bond motifs is 1. The number of carbonyl (C=O) groups excluding carboxylic acids is 1. The molecule has 0 unspecified atom stereocenters. The van der Waals surface area contributed by atoms with Crippen molar-refractivity contribution in [3.05, 3.63) is 47.3 Å². The molecule has 0 saturated heterocycles. The molecular formula is C18H22F2N4O. The molecule has 1 aromatic carbocycles. The van der Waals surface area contributed by atoms with Crippen LogP contribution in [0.4, 0.5) is 13.6 Å². The zero-order valence-corrected chi connectivity index (χ0v) is 14.6. The fraction of sp³-hybridized carbons (Fsp3) is 0.444. The van der Waals surface area contributed by atoms with Gasteiger partial charge in [0.05, 0.1) is 17.9 Å². The molecule has 25 heavy (non-hydrogen) atoms. The molecule has 1 aliphatic carbocycles. The van der Waals surface area contributed by atoms with Gasteiger partial charge in [0.15, 0.2) is 0 Å². The monoisotopic (exact) mass is 348 g/mol. The van der Waals surface area contributed by atoms with Gasteiger partial charge in [0.2, 0.25) is 0 Å². The third-order valence-electron chi connectivity index (χ3n) is 4.07. The summed E-state index contributed by atoms with van der Waals surface area (Å²) >= 11 is 0. The predicted molar refractivity (Wildman–Crippen MR) is 90.6 cm³/mol. The molecule has 2 amide bonds. The van der Waals surface area contributed by atoms with E-state index in [9.17, 15) is 13.6 Å². The quantitative estimate of drug-likeness (QED) is 0.871. The van der Waals surface area contributed by atoms with Crippen molar-refractivity contribution in [1.29, 1.82) is 0 Å². The summed E-state index contributed by atoms with van der Waals surface area (Å²) in [6, 6.07) is 2.92. The first kappa shape index (κ1) is 17.4. The van der Waals surface area contributed by atoms with Crippen LogP contribution >= 0.6 is 0 Å². The number of urea groups is 1. The van der Waals surface area contributed by atoms with E-state index >= 15 is 0 Å². The van der Waals surface area contributed by atoms with Gasteiger partial charge in [-0.05, 0) is 52.2 Å². The number of halogens is 2. The fourth-order valence-electron chi connectivity index (χ4n) is 3.13. The third-order valence-corrected chi connectivity index (χ3v) is 4.07. The molecule has 1 aliphatic rings. The van der Waals surface area contributed by atoms with Gasteiger partial charge in [-0.3, -0.25) is 0 Å². The summed E-state index contributed by atoms with van der Waals surface area (Å²) in [5.41, 5.74) is 1.78. The second-order valence-electron chi connectivity index (χ2n) is 7.38. The van der Waals surface area contributed by atoms with Gasteiger partial charge < -0.3 is 10.6 Å². The minimum absolute atomic E-state index is 0.168. The maximum absolute atomic E-state index is 13.5. The van der Waals surface area contributed by atoms with Crippen molar-refractivity contribution in [2.45, 2.75) is 51.6 Å². The minimum atomic E-state index is -0.644. The number of nitrogens with zero attached hydrogens (tertiary/aromatic N) is 2. The van der Waals surface area contributed by atoms with Crippen molar-refractivity contribution >= 4 is 6.03 Å². The molecule has 1 atom stereocenters. The van der Waals surface area contributed by atoms with E-state index in [1.807, 2.05) is 20.8 Å². The van der Waals surface area contributed by atoms with E-state index in [0.717, 1.165) is 36.6 Å². The van der Waals surface area contributed by atoms with Gasteiger partial charge in [-0.1, -0.05) is 0 Å². The maximum atomic E-state index is 13.5. The summed E-state index contributed by atoms with van der Waals surface area (Å²) in [7, 11) is 0. The topological polar surface area (TPSA) is 59.0 Å². The van der Waals surface area contributed by atoms with Crippen molar-refractivity contribution in [3.63, 3.8) is 0 Å². The number of hydrogen-bond acceptors (Lipinski definition) is 2. The Hall–Kier alpha value is -2.44. The van der Waals surface area contributed by atoms with E-state index in [2.05, 4.69) is 15.7 Å². The van der Waals surface area contributed by atoms with Crippen LogP contribution in [0.25, 0.3) is 5.69 Å². The number of hydrogen-bond donors (Lipinski definition) is 2. The average Bonchev–Trinajstić information content (AvgIpc) is 2.89. The van der Waals surface area contributed by atoms with Crippen molar-refractivity contribution in [2.75, 3.05) is 0 Å². The van der Waals surface area contributed by atoms with Crippen LogP contribution in [0.15, 0.2) is 24.4 Å². The smallest absolute Gasteiger partial charge is 0.315 e. The van der Waals surface area contributed by atoms with Crippen LogP contribution < -0.4 is 10.6 Å². The first-order valence-electron chi connectivity index (χ1n) is 8.35. The molecule has 134 valence electrons. The minimum Gasteiger partial charge on any atom is -0.334 e. The highest BCUT2D eigenvalue weighted by Crippen LogP contribution is 2.31. The lowest BCUT2D eigenvalue weighted by Gasteiger charge is -2.27. The molecule has 0 bridgehead atoms. The van der Waals surface area contributed by atoms with Crippen molar-refractivity contribution in [2.24, 2.45) is 0 Å². The molecule has 5 nitrogen and oxygen atoms in total. The molecule has 0 aliphatic heterocycles. The van der Waals surface area contributed by atoms with E-state index in [0.29, 0.717) is 5.69 Å². The molecule has 0 saturated carbocycles. The summed E-state index contributed by atoms with van der Waals surface area (Å²) < 4.78 is 28.6. The Morgan fingerprint density at radius 3 is 2.56 bits per heavy atom. The van der Waals surface area contributed by atoms with Gasteiger partial charge in [-0.2, -0.15) is 5.10 Å². The van der Waals surface area contributed by atoms with Crippen LogP contribution in [0.2, 0.25) is 0 Å². The zero-order chi connectivity index (χ0) is 18.2. The van der Waals surface area contributed by atoms with Gasteiger partial charge in [-0.15, -0.1) is 0 Å². The van der Waals surface area contributed by atoms with E-state index in [-0.39, 0.29) is 17.6 Å². The summed E-state index contributed by atoms with van der Waals surface area (Å²) in [5.74, 6) is -1.29. The van der Waals surface area contributed by atoms with Crippen LogP contribution in [-0.2, 0) is 6.42 Å². The van der Waals surface area contributed by atoms with E-state index in [1.54, 1.807) is 10.9 Å². The SMILES string of the molecule is CC(C)(C)NC(=O)N[C@@H]1CCCc2c1cnn2-c1cc(F)cc(F)c1. The summed E-state index contributed by atoms with van der Waals surface area (Å²) in [4.78, 5) is 12.2. The Balaban J connectivity index is 1.86. The number of amides is 2. The Kier molecular flexibility index (Phi) is 4.49. The largest absolute Gasteiger partial charge is 0.334 e. The second-order valence-corrected chi connectivity index (χ2v) is 7.38. The van der Waals surface area contributed by atoms with Crippen LogP contribution in [0, 0.1) is 11.6 Å². The van der Waals surface area contributed by atoms with Crippen molar-refractivity contribution < 1.29 is 13.6 Å². The van der Waals surface area contributed by atoms with Crippen LogP contribution in [0.3, 0.4) is 0 Å². The first-order chi connectivity index (χ1) is 11.7. The summed E-state index contributed by atoms with van der Waals surface area (Å²) in [6.45, 7) is 5.74. The van der Waals surface area contributed by atoms with Gasteiger partial charge in [0, 0.05) is 22.9 Å². The highest BCUT2D eigenvalue weighted by Gasteiger charge is 2.27. The fourth-order valence-corrected chi connectivity index (χ4v) is 3.13. The van der Waals surface area contributed by atoms with Gasteiger partial charge in [0.25, 0.3) is 0 Å². The molecule has 0 fully saturated rings. The molecule has 1 heterocycles. The van der Waals surface area contributed by atoms with Crippen LogP contribution in [-0.4, -0.2) is 21.4 Å². The molecule has 7 heteroatoms. The Morgan fingerprint density at radius 1 is 1.24 bits per heavy atom. The predicted octanol–water partition coefficient (Wildman–Crippen LogP) is 3.63. The van der Waals surface area contributed by atoms with Gasteiger partial charge in [-0.25, -0.2) is 18.3 Å². The Bertz CT molecular complexity index is 775. The zero-order valence-electron chi connectivity index (χ0n) is 14.6. The van der Waals surface area contributed by atoms with Gasteiger partial charge in [0.1, 0.15) is 11.6 Å². The number of rotatable bonds is 2. The second kappa shape index (κ2) is 6.46. The Morgan fingerprint density at radius 2 is 1.92 bits per heavy atom. The Labute approximate surface area is 145 Å². The highest BCUT2D eigenvalue weighted by atomic mass is 19.1. The number of carbonyl (C=O) groups is 1. The molecule has 1 aromatic heterocycles. The molecular weight excluding hydrogens is 326 g/mol. The summed E-state index contributed by atoms with van der Waals surface area (Å²) in [5, 5.41) is 10.1. The third kappa shape index (κ3) is 3.97.